The first-order valence-electron chi connectivity index (χ1n) is 14.6. The van der Waals surface area contributed by atoms with E-state index in [0.717, 1.165) is 12.8 Å². The van der Waals surface area contributed by atoms with Gasteiger partial charge in [-0.2, -0.15) is 11.8 Å². The van der Waals surface area contributed by atoms with E-state index in [1.807, 2.05) is 21.1 Å². The molecule has 0 radical (unpaired) electrons. The number of nitrogens with zero attached hydrogens (tertiary/aromatic N) is 1. The van der Waals surface area contributed by atoms with Gasteiger partial charge in [0.2, 0.25) is 0 Å². The van der Waals surface area contributed by atoms with Crippen molar-refractivity contribution < 1.29 is 32.8 Å². The van der Waals surface area contributed by atoms with Gasteiger partial charge in [0, 0.05) is 11.4 Å². The number of phosphoric acid groups is 1. The molecule has 224 valence electrons. The maximum Gasteiger partial charge on any atom is 0.472 e. The summed E-state index contributed by atoms with van der Waals surface area (Å²) in [6, 6.07) is 0. The quantitative estimate of drug-likeness (QED) is 0.0646. The van der Waals surface area contributed by atoms with Crippen molar-refractivity contribution in [1.82, 2.24) is 0 Å². The highest BCUT2D eigenvalue weighted by Crippen LogP contribution is 2.43. The highest BCUT2D eigenvalue weighted by Gasteiger charge is 2.24. The molecular formula is C28H61NO6PS+. The lowest BCUT2D eigenvalue weighted by molar-refractivity contribution is -0.870. The predicted octanol–water partition coefficient (Wildman–Crippen LogP) is 7.20. The second-order valence-corrected chi connectivity index (χ2v) is 15.6. The van der Waals surface area contributed by atoms with Crippen LogP contribution in [0.3, 0.4) is 0 Å². The van der Waals surface area contributed by atoms with Crippen LogP contribution in [0.15, 0.2) is 0 Å². The zero-order chi connectivity index (χ0) is 28.0. The van der Waals surface area contributed by atoms with Gasteiger partial charge in [0.25, 0.3) is 0 Å². The molecule has 0 heterocycles. The monoisotopic (exact) mass is 570 g/mol. The van der Waals surface area contributed by atoms with E-state index in [2.05, 4.69) is 32.5 Å². The number of quaternary nitrogens is 1. The summed E-state index contributed by atoms with van der Waals surface area (Å²) in [5.74, 6) is 1.31. The number of aliphatic hydroxyl groups is 1. The van der Waals surface area contributed by atoms with Crippen molar-refractivity contribution in [1.29, 1.82) is 0 Å². The van der Waals surface area contributed by atoms with Crippen LogP contribution in [0.4, 0.5) is 0 Å². The van der Waals surface area contributed by atoms with Crippen molar-refractivity contribution in [3.8, 4) is 0 Å². The number of likely N-dealkylation sites (N-methyl/N-ethyl adjacent to an activating group) is 1. The Morgan fingerprint density at radius 2 is 1.19 bits per heavy atom. The topological polar surface area (TPSA) is 85.2 Å². The Morgan fingerprint density at radius 3 is 1.65 bits per heavy atom. The molecule has 9 heteroatoms. The molecule has 0 aromatic heterocycles. The summed E-state index contributed by atoms with van der Waals surface area (Å²) in [5.41, 5.74) is 0. The molecule has 0 saturated heterocycles. The van der Waals surface area contributed by atoms with Crippen molar-refractivity contribution in [3.05, 3.63) is 0 Å². The standard InChI is InChI=1S/C28H60NO6PS/c1-28(2,3)37-24-20-18-16-14-12-10-8-7-9-11-13-15-17-19-22-33-25-27(30)26-35-36(31,32)34-23-21-29(4,5)6/h27,30H,7-26H2,1-6H3/p+1/t27-/m1/s1. The Morgan fingerprint density at radius 1 is 0.730 bits per heavy atom. The second-order valence-electron chi connectivity index (χ2n) is 12.3. The first kappa shape index (κ1) is 37.3. The first-order valence-corrected chi connectivity index (χ1v) is 17.1. The maximum absolute atomic E-state index is 11.8. The molecule has 0 rings (SSSR count). The summed E-state index contributed by atoms with van der Waals surface area (Å²) >= 11 is 2.09. The molecule has 0 amide bonds. The summed E-state index contributed by atoms with van der Waals surface area (Å²) in [5, 5.41) is 9.88. The lowest BCUT2D eigenvalue weighted by Gasteiger charge is -2.24. The second kappa shape index (κ2) is 22.1. The highest BCUT2D eigenvalue weighted by molar-refractivity contribution is 8.00. The number of unbranched alkanes of at least 4 members (excludes halogenated alkanes) is 13. The maximum atomic E-state index is 11.8. The lowest BCUT2D eigenvalue weighted by atomic mass is 10.0. The van der Waals surface area contributed by atoms with Crippen molar-refractivity contribution >= 4 is 19.6 Å². The molecule has 0 aromatic rings. The fraction of sp³-hybridized carbons (Fsp3) is 1.00. The average molecular weight is 571 g/mol. The number of hydrogen-bond acceptors (Lipinski definition) is 6. The molecule has 1 unspecified atom stereocenters. The summed E-state index contributed by atoms with van der Waals surface area (Å²) < 4.78 is 28.1. The number of ether oxygens (including phenoxy) is 1. The van der Waals surface area contributed by atoms with E-state index >= 15 is 0 Å². The molecule has 0 bridgehead atoms. The molecular weight excluding hydrogens is 509 g/mol. The highest BCUT2D eigenvalue weighted by atomic mass is 32.2. The fourth-order valence-corrected chi connectivity index (χ4v) is 5.43. The molecule has 7 nitrogen and oxygen atoms in total. The van der Waals surface area contributed by atoms with Gasteiger partial charge in [-0.15, -0.1) is 0 Å². The SMILES string of the molecule is CC(C)(C)SCCCCCCCCCCCCCCCCOC[C@@H](O)COP(=O)(O)OCC[N+](C)(C)C. The summed E-state index contributed by atoms with van der Waals surface area (Å²) in [6.07, 6.45) is 17.4. The van der Waals surface area contributed by atoms with E-state index in [4.69, 9.17) is 13.8 Å². The largest absolute Gasteiger partial charge is 0.472 e. The smallest absolute Gasteiger partial charge is 0.388 e. The van der Waals surface area contributed by atoms with Gasteiger partial charge in [0.1, 0.15) is 19.3 Å². The van der Waals surface area contributed by atoms with E-state index in [1.165, 1.54) is 82.8 Å². The number of aliphatic hydroxyl groups excluding tert-OH is 1. The van der Waals surface area contributed by atoms with Gasteiger partial charge in [0.05, 0.1) is 34.4 Å². The van der Waals surface area contributed by atoms with Gasteiger partial charge in [-0.1, -0.05) is 97.8 Å². The Balaban J connectivity index is 3.36. The molecule has 0 aliphatic carbocycles. The van der Waals surface area contributed by atoms with Gasteiger partial charge in [-0.05, 0) is 18.6 Å². The molecule has 0 aliphatic heterocycles. The van der Waals surface area contributed by atoms with Crippen LogP contribution < -0.4 is 0 Å². The molecule has 0 saturated carbocycles. The zero-order valence-electron chi connectivity index (χ0n) is 25.0. The van der Waals surface area contributed by atoms with Crippen molar-refractivity contribution in [2.75, 3.05) is 59.9 Å². The fourth-order valence-electron chi connectivity index (χ4n) is 3.72. The van der Waals surface area contributed by atoms with Crippen molar-refractivity contribution in [2.45, 2.75) is 122 Å². The van der Waals surface area contributed by atoms with E-state index in [-0.39, 0.29) is 19.8 Å². The number of hydrogen-bond donors (Lipinski definition) is 2. The zero-order valence-corrected chi connectivity index (χ0v) is 26.8. The van der Waals surface area contributed by atoms with Crippen LogP contribution in [-0.4, -0.2) is 85.2 Å². The van der Waals surface area contributed by atoms with E-state index < -0.39 is 13.9 Å². The molecule has 2 atom stereocenters. The normalized spacial score (nSPS) is 15.1. The Kier molecular flexibility index (Phi) is 22.3. The molecule has 0 aliphatic rings. The Hall–Kier alpha value is 0.340. The van der Waals surface area contributed by atoms with Crippen molar-refractivity contribution in [2.24, 2.45) is 0 Å². The van der Waals surface area contributed by atoms with Crippen LogP contribution in [-0.2, 0) is 18.3 Å². The van der Waals surface area contributed by atoms with Crippen LogP contribution in [0, 0.1) is 0 Å². The Labute approximate surface area is 233 Å². The minimum atomic E-state index is -4.14. The number of thioether (sulfide) groups is 1. The molecule has 2 N–H and O–H groups in total. The van der Waals surface area contributed by atoms with E-state index in [1.54, 1.807) is 0 Å². The van der Waals surface area contributed by atoms with Gasteiger partial charge in [-0.25, -0.2) is 4.57 Å². The minimum absolute atomic E-state index is 0.0924. The predicted molar refractivity (Wildman–Crippen MR) is 158 cm³/mol. The summed E-state index contributed by atoms with van der Waals surface area (Å²) in [4.78, 5) is 9.66. The van der Waals surface area contributed by atoms with Crippen LogP contribution in [0.5, 0.6) is 0 Å². The van der Waals surface area contributed by atoms with Gasteiger partial charge < -0.3 is 19.2 Å². The van der Waals surface area contributed by atoms with Crippen molar-refractivity contribution in [3.63, 3.8) is 0 Å². The minimum Gasteiger partial charge on any atom is -0.388 e. The number of rotatable bonds is 26. The third-order valence-corrected chi connectivity index (χ3v) is 8.32. The third kappa shape index (κ3) is 30.7. The average Bonchev–Trinajstić information content (AvgIpc) is 2.77. The van der Waals surface area contributed by atoms with Crippen LogP contribution >= 0.6 is 19.6 Å². The van der Waals surface area contributed by atoms with Crippen LogP contribution in [0.1, 0.15) is 111 Å². The lowest BCUT2D eigenvalue weighted by Crippen LogP contribution is -2.37. The van der Waals surface area contributed by atoms with Crippen LogP contribution in [0.25, 0.3) is 0 Å². The molecule has 0 aromatic carbocycles. The molecule has 0 spiro atoms. The van der Waals surface area contributed by atoms with Crippen LogP contribution in [0.2, 0.25) is 0 Å². The van der Waals surface area contributed by atoms with E-state index in [9.17, 15) is 14.6 Å². The van der Waals surface area contributed by atoms with E-state index in [0.29, 0.717) is 22.4 Å². The summed E-state index contributed by atoms with van der Waals surface area (Å²) in [7, 11) is 1.76. The van der Waals surface area contributed by atoms with Gasteiger partial charge >= 0.3 is 7.82 Å². The molecule has 0 fully saturated rings. The Bertz CT molecular complexity index is 568. The first-order chi connectivity index (χ1) is 17.3. The third-order valence-electron chi connectivity index (χ3n) is 5.97. The molecule has 37 heavy (non-hydrogen) atoms. The van der Waals surface area contributed by atoms with Gasteiger partial charge in [0.15, 0.2) is 0 Å². The summed E-state index contributed by atoms with van der Waals surface area (Å²) in [6.45, 7) is 7.99. The van der Waals surface area contributed by atoms with Gasteiger partial charge in [-0.3, -0.25) is 9.05 Å². The number of phosphoric ester groups is 1.